The molecule has 0 radical (unpaired) electrons. The highest BCUT2D eigenvalue weighted by atomic mass is 79.9. The average Bonchev–Trinajstić information content (AvgIpc) is 2.20. The summed E-state index contributed by atoms with van der Waals surface area (Å²) in [7, 11) is 3.10. The van der Waals surface area contributed by atoms with E-state index in [-0.39, 0.29) is 0 Å². The first-order chi connectivity index (χ1) is 6.72. The largest absolute Gasteiger partial charge is 0.352 e. The van der Waals surface area contributed by atoms with Gasteiger partial charge in [-0.05, 0) is 33.2 Å². The molecular weight excluding hydrogens is 250 g/mol. The second-order valence-electron chi connectivity index (χ2n) is 2.61. The summed E-state index contributed by atoms with van der Waals surface area (Å²) in [5, 5.41) is 2.84. The lowest BCUT2D eigenvalue weighted by molar-refractivity contribution is -0.106. The molecule has 76 valence electrons. The van der Waals surface area contributed by atoms with Crippen molar-refractivity contribution in [3.05, 3.63) is 33.1 Å². The van der Waals surface area contributed by atoms with Crippen LogP contribution in [0.4, 0.5) is 5.69 Å². The van der Waals surface area contributed by atoms with E-state index in [4.69, 9.17) is 9.47 Å². The van der Waals surface area contributed by atoms with Crippen LogP contribution in [-0.2, 0) is 9.47 Å². The molecule has 0 aliphatic carbocycles. The van der Waals surface area contributed by atoms with E-state index in [9.17, 15) is 4.91 Å². The smallest absolute Gasteiger partial charge is 0.183 e. The number of halogens is 1. The Kier molecular flexibility index (Phi) is 4.19. The lowest BCUT2D eigenvalue weighted by Gasteiger charge is -2.13. The molecule has 0 bridgehead atoms. The first-order valence-electron chi connectivity index (χ1n) is 3.91. The highest BCUT2D eigenvalue weighted by Crippen LogP contribution is 2.29. The Bertz CT molecular complexity index is 326. The van der Waals surface area contributed by atoms with Crippen LogP contribution in [0.1, 0.15) is 11.9 Å². The van der Waals surface area contributed by atoms with Gasteiger partial charge in [0, 0.05) is 24.3 Å². The normalized spacial score (nSPS) is 10.6. The predicted molar refractivity (Wildman–Crippen MR) is 56.4 cm³/mol. The summed E-state index contributed by atoms with van der Waals surface area (Å²) in [6, 6.07) is 5.09. The molecule has 0 atom stereocenters. The van der Waals surface area contributed by atoms with E-state index < -0.39 is 6.29 Å². The molecule has 0 N–H and O–H groups in total. The topological polar surface area (TPSA) is 47.9 Å². The summed E-state index contributed by atoms with van der Waals surface area (Å²) in [5.74, 6) is 0. The van der Waals surface area contributed by atoms with Crippen LogP contribution in [-0.4, -0.2) is 14.2 Å². The molecule has 0 fully saturated rings. The van der Waals surface area contributed by atoms with E-state index in [0.717, 1.165) is 5.56 Å². The molecule has 0 spiro atoms. The zero-order valence-corrected chi connectivity index (χ0v) is 9.45. The van der Waals surface area contributed by atoms with Gasteiger partial charge in [-0.3, -0.25) is 0 Å². The number of benzene rings is 1. The maximum absolute atomic E-state index is 10.3. The molecule has 0 aliphatic rings. The van der Waals surface area contributed by atoms with Crippen LogP contribution in [0, 0.1) is 4.91 Å². The number of nitroso groups, excluding NO2 is 1. The van der Waals surface area contributed by atoms with E-state index in [0.29, 0.717) is 10.2 Å². The summed E-state index contributed by atoms with van der Waals surface area (Å²) in [6.45, 7) is 0. The number of rotatable bonds is 4. The molecule has 1 rings (SSSR count). The maximum Gasteiger partial charge on any atom is 0.183 e. The van der Waals surface area contributed by atoms with Crippen molar-refractivity contribution in [3.63, 3.8) is 0 Å². The SMILES string of the molecule is COC(OC)c1ccc(N=O)c(Br)c1. The van der Waals surface area contributed by atoms with Crippen molar-refractivity contribution in [3.8, 4) is 0 Å². The van der Waals surface area contributed by atoms with Crippen LogP contribution < -0.4 is 0 Å². The molecule has 0 heterocycles. The molecule has 1 aromatic rings. The maximum atomic E-state index is 10.3. The van der Waals surface area contributed by atoms with Crippen molar-refractivity contribution >= 4 is 21.6 Å². The lowest BCUT2D eigenvalue weighted by atomic mass is 10.2. The average molecular weight is 260 g/mol. The van der Waals surface area contributed by atoms with E-state index >= 15 is 0 Å². The highest BCUT2D eigenvalue weighted by molar-refractivity contribution is 9.10. The van der Waals surface area contributed by atoms with E-state index in [1.54, 1.807) is 32.4 Å². The monoisotopic (exact) mass is 259 g/mol. The zero-order valence-electron chi connectivity index (χ0n) is 7.86. The molecule has 0 unspecified atom stereocenters. The van der Waals surface area contributed by atoms with Crippen LogP contribution in [0.5, 0.6) is 0 Å². The van der Waals surface area contributed by atoms with Gasteiger partial charge >= 0.3 is 0 Å². The van der Waals surface area contributed by atoms with Gasteiger partial charge in [0.15, 0.2) is 6.29 Å². The molecule has 0 amide bonds. The van der Waals surface area contributed by atoms with Crippen LogP contribution in [0.2, 0.25) is 0 Å². The Balaban J connectivity index is 3.00. The quantitative estimate of drug-likeness (QED) is 0.617. The highest BCUT2D eigenvalue weighted by Gasteiger charge is 2.10. The summed E-state index contributed by atoms with van der Waals surface area (Å²) >= 11 is 3.23. The van der Waals surface area contributed by atoms with Gasteiger partial charge in [0.05, 0.1) is 0 Å². The third-order valence-electron chi connectivity index (χ3n) is 1.77. The predicted octanol–water partition coefficient (Wildman–Crippen LogP) is 3.14. The zero-order chi connectivity index (χ0) is 10.6. The summed E-state index contributed by atoms with van der Waals surface area (Å²) in [5.41, 5.74) is 1.19. The number of nitrogens with zero attached hydrogens (tertiary/aromatic N) is 1. The summed E-state index contributed by atoms with van der Waals surface area (Å²) < 4.78 is 10.8. The fraction of sp³-hybridized carbons (Fsp3) is 0.333. The molecular formula is C9H10BrNO3. The fourth-order valence-electron chi connectivity index (χ4n) is 1.11. The molecule has 5 heteroatoms. The van der Waals surface area contributed by atoms with Gasteiger partial charge in [-0.15, -0.1) is 4.91 Å². The minimum Gasteiger partial charge on any atom is -0.352 e. The van der Waals surface area contributed by atoms with Gasteiger partial charge in [-0.1, -0.05) is 6.07 Å². The molecule has 0 aromatic heterocycles. The Hall–Kier alpha value is -0.780. The van der Waals surface area contributed by atoms with Crippen molar-refractivity contribution in [2.24, 2.45) is 5.18 Å². The van der Waals surface area contributed by atoms with Crippen LogP contribution >= 0.6 is 15.9 Å². The Morgan fingerprint density at radius 1 is 1.36 bits per heavy atom. The number of hydrogen-bond acceptors (Lipinski definition) is 4. The van der Waals surface area contributed by atoms with Gasteiger partial charge in [0.1, 0.15) is 5.69 Å². The van der Waals surface area contributed by atoms with Crippen LogP contribution in [0.25, 0.3) is 0 Å². The van der Waals surface area contributed by atoms with Crippen LogP contribution in [0.15, 0.2) is 27.8 Å². The third kappa shape index (κ3) is 2.37. The first-order valence-corrected chi connectivity index (χ1v) is 4.70. The fourth-order valence-corrected chi connectivity index (χ4v) is 1.58. The van der Waals surface area contributed by atoms with Gasteiger partial charge in [-0.25, -0.2) is 0 Å². The molecule has 1 aromatic carbocycles. The van der Waals surface area contributed by atoms with Gasteiger partial charge in [-0.2, -0.15) is 0 Å². The van der Waals surface area contributed by atoms with Crippen molar-refractivity contribution in [2.75, 3.05) is 14.2 Å². The van der Waals surface area contributed by atoms with Gasteiger partial charge in [0.2, 0.25) is 0 Å². The second kappa shape index (κ2) is 5.19. The first kappa shape index (κ1) is 11.3. The number of methoxy groups -OCH3 is 2. The number of hydrogen-bond donors (Lipinski definition) is 0. The third-order valence-corrected chi connectivity index (χ3v) is 2.41. The van der Waals surface area contributed by atoms with Gasteiger partial charge in [0.25, 0.3) is 0 Å². The van der Waals surface area contributed by atoms with E-state index in [1.165, 1.54) is 0 Å². The molecule has 0 saturated heterocycles. The molecule has 0 aliphatic heterocycles. The van der Waals surface area contributed by atoms with Crippen molar-refractivity contribution in [1.29, 1.82) is 0 Å². The lowest BCUT2D eigenvalue weighted by Crippen LogP contribution is -2.03. The second-order valence-corrected chi connectivity index (χ2v) is 3.46. The standard InChI is InChI=1S/C9H10BrNO3/c1-13-9(14-2)6-3-4-8(11-12)7(10)5-6/h3-5,9H,1-2H3. The van der Waals surface area contributed by atoms with Crippen molar-refractivity contribution < 1.29 is 9.47 Å². The number of ether oxygens (including phenoxy) is 2. The minimum absolute atomic E-state index is 0.361. The molecule has 14 heavy (non-hydrogen) atoms. The molecule has 4 nitrogen and oxygen atoms in total. The molecule has 0 saturated carbocycles. The Morgan fingerprint density at radius 3 is 2.43 bits per heavy atom. The minimum atomic E-state index is -0.424. The Morgan fingerprint density at radius 2 is 2.00 bits per heavy atom. The van der Waals surface area contributed by atoms with E-state index in [2.05, 4.69) is 21.1 Å². The summed E-state index contributed by atoms with van der Waals surface area (Å²) in [6.07, 6.45) is -0.424. The summed E-state index contributed by atoms with van der Waals surface area (Å²) in [4.78, 5) is 10.3. The van der Waals surface area contributed by atoms with Gasteiger partial charge < -0.3 is 9.47 Å². The van der Waals surface area contributed by atoms with Crippen molar-refractivity contribution in [2.45, 2.75) is 6.29 Å². The van der Waals surface area contributed by atoms with Crippen molar-refractivity contribution in [1.82, 2.24) is 0 Å². The van der Waals surface area contributed by atoms with Crippen LogP contribution in [0.3, 0.4) is 0 Å². The Labute approximate surface area is 90.3 Å². The van der Waals surface area contributed by atoms with E-state index in [1.807, 2.05) is 0 Å².